The van der Waals surface area contributed by atoms with E-state index in [9.17, 15) is 4.39 Å². The van der Waals surface area contributed by atoms with Crippen molar-refractivity contribution in [2.45, 2.75) is 26.4 Å². The normalized spacial score (nSPS) is 16.1. The van der Waals surface area contributed by atoms with Gasteiger partial charge in [0.05, 0.1) is 0 Å². The third-order valence-electron chi connectivity index (χ3n) is 3.45. The Balaban J connectivity index is 2.18. The van der Waals surface area contributed by atoms with Crippen LogP contribution in [0.5, 0.6) is 5.75 Å². The SMILES string of the molecule is Cc1ccc2c(c1)OC(C)(C)C=C2c1ccc(F)cc1. The summed E-state index contributed by atoms with van der Waals surface area (Å²) in [5.41, 5.74) is 3.95. The Bertz CT molecular complexity index is 681. The van der Waals surface area contributed by atoms with Crippen LogP contribution in [0.1, 0.15) is 30.5 Å². The third-order valence-corrected chi connectivity index (χ3v) is 3.45. The molecule has 102 valence electrons. The molecule has 2 aromatic rings. The molecule has 0 aromatic heterocycles. The summed E-state index contributed by atoms with van der Waals surface area (Å²) in [6.45, 7) is 6.11. The minimum Gasteiger partial charge on any atom is -0.483 e. The number of ether oxygens (including phenoxy) is 1. The average molecular weight is 268 g/mol. The number of hydrogen-bond acceptors (Lipinski definition) is 1. The minimum atomic E-state index is -0.371. The summed E-state index contributed by atoms with van der Waals surface area (Å²) in [5, 5.41) is 0. The summed E-state index contributed by atoms with van der Waals surface area (Å²) >= 11 is 0. The van der Waals surface area contributed by atoms with Crippen LogP contribution in [0.25, 0.3) is 5.57 Å². The molecule has 0 radical (unpaired) electrons. The van der Waals surface area contributed by atoms with Gasteiger partial charge in [0.25, 0.3) is 0 Å². The van der Waals surface area contributed by atoms with Crippen LogP contribution < -0.4 is 4.74 Å². The molecule has 3 rings (SSSR count). The summed E-state index contributed by atoms with van der Waals surface area (Å²) in [5.74, 6) is 0.668. The second-order valence-corrected chi connectivity index (χ2v) is 5.77. The Kier molecular flexibility index (Phi) is 2.89. The average Bonchev–Trinajstić information content (AvgIpc) is 2.37. The van der Waals surface area contributed by atoms with Crippen molar-refractivity contribution in [3.05, 3.63) is 71.0 Å². The third kappa shape index (κ3) is 2.34. The quantitative estimate of drug-likeness (QED) is 0.726. The van der Waals surface area contributed by atoms with E-state index in [0.717, 1.165) is 22.4 Å². The van der Waals surface area contributed by atoms with Gasteiger partial charge in [-0.25, -0.2) is 4.39 Å². The van der Waals surface area contributed by atoms with E-state index in [1.165, 1.54) is 17.7 Å². The molecular weight excluding hydrogens is 251 g/mol. The Morgan fingerprint density at radius 2 is 1.70 bits per heavy atom. The van der Waals surface area contributed by atoms with Crippen molar-refractivity contribution in [2.75, 3.05) is 0 Å². The molecule has 1 aliphatic heterocycles. The van der Waals surface area contributed by atoms with Crippen molar-refractivity contribution in [1.29, 1.82) is 0 Å². The van der Waals surface area contributed by atoms with Crippen LogP contribution in [0, 0.1) is 12.7 Å². The van der Waals surface area contributed by atoms with Crippen LogP contribution in [0.4, 0.5) is 4.39 Å². The van der Waals surface area contributed by atoms with Gasteiger partial charge in [0, 0.05) is 5.56 Å². The standard InChI is InChI=1S/C18H17FO/c1-12-4-9-15-16(13-5-7-14(19)8-6-13)11-18(2,3)20-17(15)10-12/h4-11H,1-3H3. The van der Waals surface area contributed by atoms with Gasteiger partial charge in [-0.1, -0.05) is 24.3 Å². The van der Waals surface area contributed by atoms with Crippen LogP contribution in [0.2, 0.25) is 0 Å². The topological polar surface area (TPSA) is 9.23 Å². The number of aryl methyl sites for hydroxylation is 1. The lowest BCUT2D eigenvalue weighted by atomic mass is 9.89. The second kappa shape index (κ2) is 4.48. The van der Waals surface area contributed by atoms with Crippen molar-refractivity contribution in [3.8, 4) is 5.75 Å². The van der Waals surface area contributed by atoms with Gasteiger partial charge in [0.1, 0.15) is 17.2 Å². The van der Waals surface area contributed by atoms with Gasteiger partial charge >= 0.3 is 0 Å². The smallest absolute Gasteiger partial charge is 0.128 e. The molecule has 0 fully saturated rings. The molecule has 2 heteroatoms. The molecule has 1 nitrogen and oxygen atoms in total. The molecule has 0 amide bonds. The lowest BCUT2D eigenvalue weighted by Crippen LogP contribution is -2.29. The zero-order valence-corrected chi connectivity index (χ0v) is 11.9. The summed E-state index contributed by atoms with van der Waals surface area (Å²) in [6.07, 6.45) is 2.10. The monoisotopic (exact) mass is 268 g/mol. The van der Waals surface area contributed by atoms with E-state index in [1.54, 1.807) is 0 Å². The first-order valence-electron chi connectivity index (χ1n) is 6.73. The Labute approximate surface area is 118 Å². The lowest BCUT2D eigenvalue weighted by molar-refractivity contribution is 0.158. The summed E-state index contributed by atoms with van der Waals surface area (Å²) in [6, 6.07) is 12.8. The zero-order chi connectivity index (χ0) is 14.3. The Morgan fingerprint density at radius 3 is 2.40 bits per heavy atom. The molecule has 1 aliphatic rings. The summed E-state index contributed by atoms with van der Waals surface area (Å²) < 4.78 is 19.1. The van der Waals surface area contributed by atoms with E-state index in [-0.39, 0.29) is 11.4 Å². The van der Waals surface area contributed by atoms with Gasteiger partial charge in [0.2, 0.25) is 0 Å². The number of rotatable bonds is 1. The molecular formula is C18H17FO. The number of hydrogen-bond donors (Lipinski definition) is 0. The van der Waals surface area contributed by atoms with Crippen LogP contribution in [0.15, 0.2) is 48.5 Å². The lowest BCUT2D eigenvalue weighted by Gasteiger charge is -2.31. The Morgan fingerprint density at radius 1 is 1.00 bits per heavy atom. The first-order valence-corrected chi connectivity index (χ1v) is 6.73. The van der Waals surface area contributed by atoms with E-state index < -0.39 is 0 Å². The fourth-order valence-electron chi connectivity index (χ4n) is 2.54. The van der Waals surface area contributed by atoms with Crippen molar-refractivity contribution in [2.24, 2.45) is 0 Å². The first-order chi connectivity index (χ1) is 9.44. The highest BCUT2D eigenvalue weighted by Crippen LogP contribution is 2.39. The molecule has 1 heterocycles. The molecule has 0 bridgehead atoms. The van der Waals surface area contributed by atoms with Crippen LogP contribution in [-0.4, -0.2) is 5.60 Å². The highest BCUT2D eigenvalue weighted by Gasteiger charge is 2.27. The fourth-order valence-corrected chi connectivity index (χ4v) is 2.54. The van der Waals surface area contributed by atoms with Gasteiger partial charge in [0.15, 0.2) is 0 Å². The second-order valence-electron chi connectivity index (χ2n) is 5.77. The molecule has 0 atom stereocenters. The van der Waals surface area contributed by atoms with Crippen molar-refractivity contribution in [3.63, 3.8) is 0 Å². The summed E-state index contributed by atoms with van der Waals surface area (Å²) in [7, 11) is 0. The van der Waals surface area contributed by atoms with Crippen molar-refractivity contribution >= 4 is 5.57 Å². The highest BCUT2D eigenvalue weighted by molar-refractivity contribution is 5.84. The minimum absolute atomic E-state index is 0.218. The van der Waals surface area contributed by atoms with Gasteiger partial charge < -0.3 is 4.74 Å². The zero-order valence-electron chi connectivity index (χ0n) is 11.9. The molecule has 0 unspecified atom stereocenters. The van der Waals surface area contributed by atoms with Gasteiger partial charge in [-0.15, -0.1) is 0 Å². The van der Waals surface area contributed by atoms with Gasteiger partial charge in [-0.05, 0) is 61.7 Å². The van der Waals surface area contributed by atoms with Gasteiger partial charge in [-0.2, -0.15) is 0 Å². The first kappa shape index (κ1) is 12.9. The maximum atomic E-state index is 13.1. The van der Waals surface area contributed by atoms with E-state index in [1.807, 2.05) is 39.0 Å². The predicted octanol–water partition coefficient (Wildman–Crippen LogP) is 4.74. The van der Waals surface area contributed by atoms with Crippen LogP contribution >= 0.6 is 0 Å². The molecule has 0 N–H and O–H groups in total. The highest BCUT2D eigenvalue weighted by atomic mass is 19.1. The summed E-state index contributed by atoms with van der Waals surface area (Å²) in [4.78, 5) is 0. The largest absolute Gasteiger partial charge is 0.483 e. The van der Waals surface area contributed by atoms with Gasteiger partial charge in [-0.3, -0.25) is 0 Å². The van der Waals surface area contributed by atoms with Crippen molar-refractivity contribution < 1.29 is 9.13 Å². The number of fused-ring (bicyclic) bond motifs is 1. The maximum absolute atomic E-state index is 13.1. The maximum Gasteiger partial charge on any atom is 0.128 e. The van der Waals surface area contributed by atoms with E-state index in [0.29, 0.717) is 0 Å². The van der Waals surface area contributed by atoms with Crippen LogP contribution in [0.3, 0.4) is 0 Å². The molecule has 0 aliphatic carbocycles. The Hall–Kier alpha value is -2.09. The number of benzene rings is 2. The van der Waals surface area contributed by atoms with E-state index in [2.05, 4.69) is 18.2 Å². The number of halogens is 1. The van der Waals surface area contributed by atoms with E-state index in [4.69, 9.17) is 4.74 Å². The molecule has 20 heavy (non-hydrogen) atoms. The van der Waals surface area contributed by atoms with Crippen LogP contribution in [-0.2, 0) is 0 Å². The van der Waals surface area contributed by atoms with Crippen molar-refractivity contribution in [1.82, 2.24) is 0 Å². The molecule has 0 spiro atoms. The molecule has 0 saturated heterocycles. The molecule has 2 aromatic carbocycles. The fraction of sp³-hybridized carbons (Fsp3) is 0.222. The predicted molar refractivity (Wildman–Crippen MR) is 79.4 cm³/mol. The molecule has 0 saturated carbocycles. The van der Waals surface area contributed by atoms with E-state index >= 15 is 0 Å².